The predicted molar refractivity (Wildman–Crippen MR) is 90.7 cm³/mol. The van der Waals surface area contributed by atoms with Gasteiger partial charge in [0.25, 0.3) is 11.7 Å². The van der Waals surface area contributed by atoms with E-state index in [9.17, 15) is 4.79 Å². The largest absolute Gasteiger partial charge is 0.337 e. The van der Waals surface area contributed by atoms with Crippen molar-refractivity contribution in [2.75, 3.05) is 13.1 Å². The monoisotopic (exact) mass is 391 g/mol. The molecule has 0 radical (unpaired) electrons. The van der Waals surface area contributed by atoms with Gasteiger partial charge in [0.2, 0.25) is 0 Å². The van der Waals surface area contributed by atoms with Crippen molar-refractivity contribution in [3.8, 4) is 0 Å². The minimum Gasteiger partial charge on any atom is -0.337 e. The summed E-state index contributed by atoms with van der Waals surface area (Å²) in [5.74, 6) is 0.964. The lowest BCUT2D eigenvalue weighted by atomic mass is 9.94. The predicted octanol–water partition coefficient (Wildman–Crippen LogP) is 2.97. The van der Waals surface area contributed by atoms with Gasteiger partial charge in [0.05, 0.1) is 14.4 Å². The van der Waals surface area contributed by atoms with Crippen molar-refractivity contribution in [3.63, 3.8) is 0 Å². The van der Waals surface area contributed by atoms with Crippen LogP contribution in [-0.2, 0) is 0 Å². The molecular weight excluding hydrogens is 378 g/mol. The summed E-state index contributed by atoms with van der Waals surface area (Å²) < 4.78 is 2.76. The van der Waals surface area contributed by atoms with Crippen LogP contribution in [0.15, 0.2) is 34.5 Å². The van der Waals surface area contributed by atoms with Gasteiger partial charge >= 0.3 is 0 Å². The molecule has 1 aliphatic heterocycles. The maximum Gasteiger partial charge on any atom is 0.263 e. The number of likely N-dealkylation sites (tertiary alicyclic amines) is 1. The maximum atomic E-state index is 12.7. The highest BCUT2D eigenvalue weighted by Crippen LogP contribution is 2.29. The zero-order valence-corrected chi connectivity index (χ0v) is 14.6. The molecule has 118 valence electrons. The minimum atomic E-state index is 0.106. The zero-order chi connectivity index (χ0) is 15.8. The van der Waals surface area contributed by atoms with Gasteiger partial charge in [0, 0.05) is 25.2 Å². The van der Waals surface area contributed by atoms with Crippen molar-refractivity contribution in [1.29, 1.82) is 0 Å². The van der Waals surface area contributed by atoms with Gasteiger partial charge in [0.15, 0.2) is 0 Å². The van der Waals surface area contributed by atoms with Gasteiger partial charge in [-0.05, 0) is 47.0 Å². The number of hydrogen-bond acceptors (Lipinski definition) is 5. The Balaban J connectivity index is 1.60. The first-order chi connectivity index (χ1) is 11.2. The van der Waals surface area contributed by atoms with Crippen LogP contribution < -0.4 is 0 Å². The van der Waals surface area contributed by atoms with Crippen molar-refractivity contribution in [1.82, 2.24) is 24.5 Å². The van der Waals surface area contributed by atoms with E-state index >= 15 is 0 Å². The van der Waals surface area contributed by atoms with Gasteiger partial charge in [-0.25, -0.2) is 9.50 Å². The highest BCUT2D eigenvalue weighted by molar-refractivity contribution is 9.11. The summed E-state index contributed by atoms with van der Waals surface area (Å²) in [4.78, 5) is 23.7. The molecule has 23 heavy (non-hydrogen) atoms. The Hall–Kier alpha value is -1.80. The highest BCUT2D eigenvalue weighted by atomic mass is 79.9. The molecule has 0 saturated carbocycles. The van der Waals surface area contributed by atoms with Crippen LogP contribution in [0.4, 0.5) is 0 Å². The fraction of sp³-hybridized carbons (Fsp3) is 0.333. The standard InChI is InChI=1S/C15H14BrN5OS/c16-13-4-3-12(23-13)14(22)20-7-1-2-10(8-20)11-5-6-17-15-18-9-19-21(11)15/h3-6,9-10H,1-2,7-8H2/t10-/m1/s1. The van der Waals surface area contributed by atoms with Crippen molar-refractivity contribution >= 4 is 39.0 Å². The van der Waals surface area contributed by atoms with Crippen molar-refractivity contribution < 1.29 is 4.79 Å². The molecule has 1 saturated heterocycles. The number of hydrogen-bond donors (Lipinski definition) is 0. The molecule has 4 rings (SSSR count). The molecule has 3 aromatic rings. The van der Waals surface area contributed by atoms with Crippen LogP contribution in [-0.4, -0.2) is 43.5 Å². The number of halogens is 1. The van der Waals surface area contributed by atoms with E-state index in [4.69, 9.17) is 0 Å². The molecule has 0 aliphatic carbocycles. The number of piperidine rings is 1. The Morgan fingerprint density at radius 3 is 3.04 bits per heavy atom. The molecule has 1 atom stereocenters. The summed E-state index contributed by atoms with van der Waals surface area (Å²) in [6.45, 7) is 1.50. The Morgan fingerprint density at radius 1 is 1.30 bits per heavy atom. The quantitative estimate of drug-likeness (QED) is 0.673. The van der Waals surface area contributed by atoms with Gasteiger partial charge in [-0.15, -0.1) is 11.3 Å². The van der Waals surface area contributed by atoms with Crippen LogP contribution in [0.3, 0.4) is 0 Å². The maximum absolute atomic E-state index is 12.7. The first-order valence-corrected chi connectivity index (χ1v) is 9.02. The smallest absolute Gasteiger partial charge is 0.263 e. The Labute approximate surface area is 145 Å². The van der Waals surface area contributed by atoms with Crippen LogP contribution in [0.1, 0.15) is 34.1 Å². The van der Waals surface area contributed by atoms with Gasteiger partial charge in [0.1, 0.15) is 6.33 Å². The highest BCUT2D eigenvalue weighted by Gasteiger charge is 2.27. The molecular formula is C15H14BrN5OS. The third-order valence-corrected chi connectivity index (χ3v) is 5.73. The van der Waals surface area contributed by atoms with E-state index in [1.807, 2.05) is 23.1 Å². The van der Waals surface area contributed by atoms with Crippen LogP contribution >= 0.6 is 27.3 Å². The summed E-state index contributed by atoms with van der Waals surface area (Å²) in [5.41, 5.74) is 1.07. The van der Waals surface area contributed by atoms with Crippen LogP contribution in [0.2, 0.25) is 0 Å². The lowest BCUT2D eigenvalue weighted by Crippen LogP contribution is -2.39. The lowest BCUT2D eigenvalue weighted by Gasteiger charge is -2.32. The van der Waals surface area contributed by atoms with E-state index in [1.165, 1.54) is 17.7 Å². The molecule has 0 unspecified atom stereocenters. The Bertz CT molecular complexity index is 860. The van der Waals surface area contributed by atoms with Gasteiger partial charge in [-0.2, -0.15) is 10.1 Å². The molecule has 6 nitrogen and oxygen atoms in total. The third kappa shape index (κ3) is 2.76. The summed E-state index contributed by atoms with van der Waals surface area (Å²) in [6, 6.07) is 5.77. The van der Waals surface area contributed by atoms with Crippen LogP contribution in [0.5, 0.6) is 0 Å². The molecule has 0 N–H and O–H groups in total. The number of amides is 1. The second-order valence-electron chi connectivity index (χ2n) is 5.54. The van der Waals surface area contributed by atoms with E-state index in [-0.39, 0.29) is 11.8 Å². The molecule has 1 fully saturated rings. The summed E-state index contributed by atoms with van der Waals surface area (Å²) in [6.07, 6.45) is 5.30. The average molecular weight is 392 g/mol. The minimum absolute atomic E-state index is 0.106. The third-order valence-electron chi connectivity index (χ3n) is 4.12. The molecule has 1 amide bonds. The van der Waals surface area contributed by atoms with Crippen LogP contribution in [0.25, 0.3) is 5.78 Å². The molecule has 4 heterocycles. The van der Waals surface area contributed by atoms with E-state index in [0.717, 1.165) is 33.7 Å². The van der Waals surface area contributed by atoms with Crippen molar-refractivity contribution in [2.45, 2.75) is 18.8 Å². The number of carbonyl (C=O) groups is 1. The number of nitrogens with zero attached hydrogens (tertiary/aromatic N) is 5. The molecule has 0 spiro atoms. The van der Waals surface area contributed by atoms with E-state index in [0.29, 0.717) is 12.3 Å². The Morgan fingerprint density at radius 2 is 2.22 bits per heavy atom. The van der Waals surface area contributed by atoms with Crippen molar-refractivity contribution in [2.24, 2.45) is 0 Å². The number of fused-ring (bicyclic) bond motifs is 1. The molecule has 1 aliphatic rings. The van der Waals surface area contributed by atoms with E-state index in [1.54, 1.807) is 10.7 Å². The average Bonchev–Trinajstić information content (AvgIpc) is 3.22. The topological polar surface area (TPSA) is 63.4 Å². The fourth-order valence-electron chi connectivity index (χ4n) is 3.05. The second kappa shape index (κ2) is 6.01. The van der Waals surface area contributed by atoms with Crippen molar-refractivity contribution in [3.05, 3.63) is 45.1 Å². The first kappa shape index (κ1) is 14.8. The lowest BCUT2D eigenvalue weighted by molar-refractivity contribution is 0.0710. The zero-order valence-electron chi connectivity index (χ0n) is 12.2. The van der Waals surface area contributed by atoms with E-state index in [2.05, 4.69) is 31.0 Å². The summed E-state index contributed by atoms with van der Waals surface area (Å²) in [5, 5.41) is 4.26. The summed E-state index contributed by atoms with van der Waals surface area (Å²) in [7, 11) is 0. The number of rotatable bonds is 2. The van der Waals surface area contributed by atoms with Gasteiger partial charge in [-0.1, -0.05) is 0 Å². The van der Waals surface area contributed by atoms with Gasteiger partial charge < -0.3 is 4.90 Å². The fourth-order valence-corrected chi connectivity index (χ4v) is 4.41. The van der Waals surface area contributed by atoms with Gasteiger partial charge in [-0.3, -0.25) is 4.79 Å². The molecule has 0 bridgehead atoms. The number of thiophene rings is 1. The molecule has 0 aromatic carbocycles. The second-order valence-corrected chi connectivity index (χ2v) is 8.00. The van der Waals surface area contributed by atoms with Crippen LogP contribution in [0, 0.1) is 0 Å². The number of aromatic nitrogens is 4. The van der Waals surface area contributed by atoms with E-state index < -0.39 is 0 Å². The SMILES string of the molecule is O=C(c1ccc(Br)s1)N1CCC[C@@H](c2ccnc3ncnn23)C1. The molecule has 3 aromatic heterocycles. The normalized spacial score (nSPS) is 18.5. The summed E-state index contributed by atoms with van der Waals surface area (Å²) >= 11 is 4.90. The first-order valence-electron chi connectivity index (χ1n) is 7.41. The number of carbonyl (C=O) groups excluding carboxylic acids is 1. The Kier molecular flexibility index (Phi) is 3.86. The molecule has 8 heteroatoms.